The van der Waals surface area contributed by atoms with Crippen molar-refractivity contribution in [2.75, 3.05) is 49.3 Å². The Morgan fingerprint density at radius 2 is 1.90 bits per heavy atom. The summed E-state index contributed by atoms with van der Waals surface area (Å²) < 4.78 is 16.2. The molecule has 0 radical (unpaired) electrons. The van der Waals surface area contributed by atoms with Crippen molar-refractivity contribution in [3.63, 3.8) is 0 Å². The van der Waals surface area contributed by atoms with E-state index in [-0.39, 0.29) is 11.7 Å². The number of fused-ring (bicyclic) bond motifs is 2. The molecule has 9 nitrogen and oxygen atoms in total. The van der Waals surface area contributed by atoms with Crippen LogP contribution < -0.4 is 15.5 Å². The number of hydrogen-bond acceptors (Lipinski definition) is 6. The molecule has 0 aliphatic carbocycles. The van der Waals surface area contributed by atoms with Crippen molar-refractivity contribution >= 4 is 50.9 Å². The van der Waals surface area contributed by atoms with Gasteiger partial charge in [-0.1, -0.05) is 0 Å². The minimum Gasteiger partial charge on any atom is -0.369 e. The van der Waals surface area contributed by atoms with E-state index >= 15 is 0 Å². The van der Waals surface area contributed by atoms with Gasteiger partial charge in [0.25, 0.3) is 0 Å². The fraction of sp³-hybridized carbons (Fsp3) is 0.276. The van der Waals surface area contributed by atoms with Gasteiger partial charge in [-0.05, 0) is 63.5 Å². The first-order valence-electron chi connectivity index (χ1n) is 12.9. The average molecular weight is 529 g/mol. The topological polar surface area (TPSA) is 94.1 Å². The maximum atomic E-state index is 14.2. The summed E-state index contributed by atoms with van der Waals surface area (Å²) in [6.45, 7) is 6.11. The predicted octanol–water partition coefficient (Wildman–Crippen LogP) is 5.35. The van der Waals surface area contributed by atoms with Gasteiger partial charge in [0, 0.05) is 73.5 Å². The fourth-order valence-electron chi connectivity index (χ4n) is 4.83. The number of amides is 1. The van der Waals surface area contributed by atoms with Gasteiger partial charge in [0.05, 0.1) is 17.1 Å². The van der Waals surface area contributed by atoms with Gasteiger partial charge >= 0.3 is 0 Å². The molecule has 2 aromatic carbocycles. The van der Waals surface area contributed by atoms with Gasteiger partial charge < -0.3 is 30.0 Å². The van der Waals surface area contributed by atoms with E-state index in [9.17, 15) is 9.18 Å². The third kappa shape index (κ3) is 5.42. The molecule has 202 valence electrons. The monoisotopic (exact) mass is 528 g/mol. The summed E-state index contributed by atoms with van der Waals surface area (Å²) in [4.78, 5) is 29.1. The van der Waals surface area contributed by atoms with E-state index in [1.165, 1.54) is 19.1 Å². The molecule has 0 aliphatic heterocycles. The Kier molecular flexibility index (Phi) is 7.21. The SMILES string of the molecule is CCN(CCN(C)C)c1ccc(Nc2nc(-c3cn(C)c4ccc(F)cc34)c3cc[nH]c3n2)cc1NC(C)=O. The molecule has 0 saturated carbocycles. The van der Waals surface area contributed by atoms with Crippen LogP contribution in [0.4, 0.5) is 27.4 Å². The highest BCUT2D eigenvalue weighted by Crippen LogP contribution is 2.35. The summed E-state index contributed by atoms with van der Waals surface area (Å²) in [5.74, 6) is -0.0635. The lowest BCUT2D eigenvalue weighted by Crippen LogP contribution is -2.32. The molecule has 0 fully saturated rings. The van der Waals surface area contributed by atoms with Gasteiger partial charge in [-0.3, -0.25) is 4.79 Å². The number of halogens is 1. The van der Waals surface area contributed by atoms with E-state index in [1.54, 1.807) is 6.07 Å². The number of aromatic amines is 1. The largest absolute Gasteiger partial charge is 0.369 e. The first-order valence-corrected chi connectivity index (χ1v) is 12.9. The number of nitrogens with zero attached hydrogens (tertiary/aromatic N) is 5. The molecule has 5 aromatic rings. The molecule has 0 atom stereocenters. The Morgan fingerprint density at radius 1 is 1.08 bits per heavy atom. The second-order valence-corrected chi connectivity index (χ2v) is 9.87. The lowest BCUT2D eigenvalue weighted by atomic mass is 10.1. The minimum atomic E-state index is -0.301. The zero-order chi connectivity index (χ0) is 27.7. The highest BCUT2D eigenvalue weighted by atomic mass is 19.1. The van der Waals surface area contributed by atoms with Gasteiger partial charge in [-0.2, -0.15) is 4.98 Å². The second-order valence-electron chi connectivity index (χ2n) is 9.87. The summed E-state index contributed by atoms with van der Waals surface area (Å²) >= 11 is 0. The fourth-order valence-corrected chi connectivity index (χ4v) is 4.83. The number of aromatic nitrogens is 4. The molecule has 10 heteroatoms. The van der Waals surface area contributed by atoms with Crippen LogP contribution in [0.15, 0.2) is 54.9 Å². The van der Waals surface area contributed by atoms with Crippen LogP contribution in [0.25, 0.3) is 33.2 Å². The van der Waals surface area contributed by atoms with Gasteiger partial charge in [0.15, 0.2) is 0 Å². The number of H-pyrrole nitrogens is 1. The minimum absolute atomic E-state index is 0.147. The number of hydrogen-bond donors (Lipinski definition) is 3. The molecular weight excluding hydrogens is 495 g/mol. The van der Waals surface area contributed by atoms with Gasteiger partial charge in [-0.25, -0.2) is 9.37 Å². The van der Waals surface area contributed by atoms with E-state index in [0.717, 1.165) is 52.9 Å². The van der Waals surface area contributed by atoms with Crippen LogP contribution in [0, 0.1) is 5.82 Å². The number of nitrogens with one attached hydrogen (secondary N) is 3. The zero-order valence-electron chi connectivity index (χ0n) is 22.8. The molecule has 3 aromatic heterocycles. The Labute approximate surface area is 226 Å². The number of likely N-dealkylation sites (N-methyl/N-ethyl adjacent to an activating group) is 2. The molecule has 3 heterocycles. The van der Waals surface area contributed by atoms with Crippen molar-refractivity contribution < 1.29 is 9.18 Å². The molecular formula is C29H33FN8O. The van der Waals surface area contributed by atoms with Gasteiger partial charge in [0.2, 0.25) is 11.9 Å². The molecule has 1 amide bonds. The number of carbonyl (C=O) groups is 1. The predicted molar refractivity (Wildman–Crippen MR) is 156 cm³/mol. The summed E-state index contributed by atoms with van der Waals surface area (Å²) in [7, 11) is 6.01. The second kappa shape index (κ2) is 10.7. The highest BCUT2D eigenvalue weighted by Gasteiger charge is 2.18. The zero-order valence-corrected chi connectivity index (χ0v) is 22.8. The normalized spacial score (nSPS) is 11.5. The molecule has 0 aliphatic rings. The first-order chi connectivity index (χ1) is 18.7. The van der Waals surface area contributed by atoms with E-state index in [1.807, 2.05) is 62.4 Å². The number of benzene rings is 2. The summed E-state index contributed by atoms with van der Waals surface area (Å²) in [6.07, 6.45) is 3.77. The van der Waals surface area contributed by atoms with Crippen LogP contribution in [0.5, 0.6) is 0 Å². The van der Waals surface area contributed by atoms with E-state index in [0.29, 0.717) is 23.0 Å². The number of anilines is 4. The lowest BCUT2D eigenvalue weighted by molar-refractivity contribution is -0.114. The number of rotatable bonds is 9. The maximum absolute atomic E-state index is 14.2. The molecule has 0 unspecified atom stereocenters. The van der Waals surface area contributed by atoms with Crippen molar-refractivity contribution in [1.29, 1.82) is 0 Å². The third-order valence-electron chi connectivity index (χ3n) is 6.73. The number of carbonyl (C=O) groups excluding carboxylic acids is 1. The van der Waals surface area contributed by atoms with Crippen LogP contribution in [-0.2, 0) is 11.8 Å². The van der Waals surface area contributed by atoms with Crippen molar-refractivity contribution in [3.8, 4) is 11.3 Å². The van der Waals surface area contributed by atoms with Gasteiger partial charge in [-0.15, -0.1) is 0 Å². The third-order valence-corrected chi connectivity index (χ3v) is 6.73. The first kappa shape index (κ1) is 26.2. The molecule has 0 spiro atoms. The van der Waals surface area contributed by atoms with E-state index in [2.05, 4.69) is 37.3 Å². The van der Waals surface area contributed by atoms with E-state index in [4.69, 9.17) is 4.98 Å². The van der Waals surface area contributed by atoms with Crippen molar-refractivity contribution in [2.45, 2.75) is 13.8 Å². The Morgan fingerprint density at radius 3 is 2.64 bits per heavy atom. The summed E-state index contributed by atoms with van der Waals surface area (Å²) in [6, 6.07) is 12.5. The lowest BCUT2D eigenvalue weighted by Gasteiger charge is -2.27. The van der Waals surface area contributed by atoms with Gasteiger partial charge in [0.1, 0.15) is 11.5 Å². The molecule has 5 rings (SSSR count). The van der Waals surface area contributed by atoms with E-state index < -0.39 is 0 Å². The quantitative estimate of drug-likeness (QED) is 0.239. The van der Waals surface area contributed by atoms with Crippen LogP contribution in [0.2, 0.25) is 0 Å². The molecule has 0 bridgehead atoms. The van der Waals surface area contributed by atoms with Crippen molar-refractivity contribution in [2.24, 2.45) is 7.05 Å². The summed E-state index contributed by atoms with van der Waals surface area (Å²) in [5, 5.41) is 7.90. The van der Waals surface area contributed by atoms with Crippen LogP contribution in [0.3, 0.4) is 0 Å². The Hall–Kier alpha value is -4.44. The standard InChI is InChI=1S/C29H33FN8O/c1-6-38(14-13-36(3)4)26-10-8-20(16-24(26)32-18(2)39)33-29-34-27(21-11-12-31-28(21)35-29)23-17-37(5)25-9-7-19(30)15-22(23)25/h7-12,15-17H,6,13-14H2,1-5H3,(H,32,39)(H2,31,33,34,35). The number of aryl methyl sites for hydroxylation is 1. The molecule has 0 saturated heterocycles. The summed E-state index contributed by atoms with van der Waals surface area (Å²) in [5.41, 5.74) is 5.46. The van der Waals surface area contributed by atoms with Crippen LogP contribution >= 0.6 is 0 Å². The van der Waals surface area contributed by atoms with Crippen LogP contribution in [-0.4, -0.2) is 64.1 Å². The molecule has 3 N–H and O–H groups in total. The smallest absolute Gasteiger partial charge is 0.229 e. The molecule has 39 heavy (non-hydrogen) atoms. The Bertz CT molecular complexity index is 1650. The maximum Gasteiger partial charge on any atom is 0.229 e. The average Bonchev–Trinajstić information content (AvgIpc) is 3.48. The van der Waals surface area contributed by atoms with Crippen molar-refractivity contribution in [3.05, 3.63) is 60.7 Å². The Balaban J connectivity index is 1.54. The van der Waals surface area contributed by atoms with Crippen molar-refractivity contribution in [1.82, 2.24) is 24.4 Å². The highest BCUT2D eigenvalue weighted by molar-refractivity contribution is 6.03. The van der Waals surface area contributed by atoms with Crippen LogP contribution in [0.1, 0.15) is 13.8 Å².